The summed E-state index contributed by atoms with van der Waals surface area (Å²) in [5.41, 5.74) is 4.55. The van der Waals surface area contributed by atoms with Crippen molar-refractivity contribution in [3.63, 3.8) is 0 Å². The summed E-state index contributed by atoms with van der Waals surface area (Å²) in [5.74, 6) is -0.154. The Kier molecular flexibility index (Phi) is 5.19. The number of carbonyl (C=O) groups excluding carboxylic acids is 1. The molecule has 3 rings (SSSR count). The van der Waals surface area contributed by atoms with Crippen LogP contribution in [-0.4, -0.2) is 11.1 Å². The quantitative estimate of drug-likeness (QED) is 0.593. The van der Waals surface area contributed by atoms with Crippen LogP contribution < -0.4 is 0 Å². The molecule has 3 aromatic rings. The summed E-state index contributed by atoms with van der Waals surface area (Å²) in [6.45, 7) is 2.27. The van der Waals surface area contributed by atoms with E-state index >= 15 is 0 Å². The van der Waals surface area contributed by atoms with Crippen molar-refractivity contribution in [2.75, 3.05) is 0 Å². The molecule has 0 saturated heterocycles. The molecular formula is C21H17BrO3. The van der Waals surface area contributed by atoms with Crippen LogP contribution >= 0.6 is 15.9 Å². The third-order valence-electron chi connectivity index (χ3n) is 3.89. The van der Waals surface area contributed by atoms with Gasteiger partial charge in [0.15, 0.2) is 0 Å². The third-order valence-corrected chi connectivity index (χ3v) is 4.53. The maximum absolute atomic E-state index is 12.2. The second kappa shape index (κ2) is 7.53. The minimum absolute atomic E-state index is 0.194. The molecule has 25 heavy (non-hydrogen) atoms. The van der Waals surface area contributed by atoms with E-state index in [1.54, 1.807) is 18.2 Å². The minimum Gasteiger partial charge on any atom is -0.507 e. The fraction of sp³-hybridized carbons (Fsp3) is 0.0952. The highest BCUT2D eigenvalue weighted by Gasteiger charge is 2.08. The lowest BCUT2D eigenvalue weighted by molar-refractivity contribution is 0.0473. The number of aromatic hydroxyl groups is 1. The highest BCUT2D eigenvalue weighted by atomic mass is 79.9. The molecule has 0 atom stereocenters. The first-order valence-corrected chi connectivity index (χ1v) is 8.64. The van der Waals surface area contributed by atoms with Crippen molar-refractivity contribution in [3.8, 4) is 16.9 Å². The van der Waals surface area contributed by atoms with E-state index < -0.39 is 0 Å². The summed E-state index contributed by atoms with van der Waals surface area (Å²) in [7, 11) is 0. The molecule has 0 aromatic heterocycles. The van der Waals surface area contributed by atoms with Gasteiger partial charge >= 0.3 is 5.97 Å². The minimum atomic E-state index is -0.348. The van der Waals surface area contributed by atoms with Gasteiger partial charge in [0, 0.05) is 0 Å². The van der Waals surface area contributed by atoms with Crippen LogP contribution in [0, 0.1) is 6.92 Å². The molecule has 0 heterocycles. The van der Waals surface area contributed by atoms with Gasteiger partial charge in [0.05, 0.1) is 10.0 Å². The van der Waals surface area contributed by atoms with Crippen LogP contribution in [0.1, 0.15) is 21.5 Å². The van der Waals surface area contributed by atoms with Crippen molar-refractivity contribution in [1.82, 2.24) is 0 Å². The Hall–Kier alpha value is -2.59. The topological polar surface area (TPSA) is 46.5 Å². The standard InChI is InChI=1S/C21H17BrO3/c1-14-2-4-15(5-3-14)13-25-21(24)17-8-6-16(7-9-17)18-10-11-20(23)19(22)12-18/h2-12,23H,13H2,1H3. The van der Waals surface area contributed by atoms with Gasteiger partial charge in [0.25, 0.3) is 0 Å². The number of esters is 1. The van der Waals surface area contributed by atoms with Gasteiger partial charge in [0.2, 0.25) is 0 Å². The number of phenolic OH excluding ortho intramolecular Hbond substituents is 1. The van der Waals surface area contributed by atoms with E-state index in [4.69, 9.17) is 4.74 Å². The highest BCUT2D eigenvalue weighted by molar-refractivity contribution is 9.10. The number of halogens is 1. The average molecular weight is 397 g/mol. The molecule has 0 fully saturated rings. The van der Waals surface area contributed by atoms with E-state index in [1.807, 2.05) is 55.5 Å². The molecule has 0 aliphatic heterocycles. The molecule has 3 nitrogen and oxygen atoms in total. The van der Waals surface area contributed by atoms with Crippen molar-refractivity contribution < 1.29 is 14.6 Å². The number of rotatable bonds is 4. The molecule has 0 aliphatic rings. The van der Waals surface area contributed by atoms with Crippen molar-refractivity contribution in [2.24, 2.45) is 0 Å². The Morgan fingerprint density at radius 2 is 1.60 bits per heavy atom. The van der Waals surface area contributed by atoms with E-state index in [0.717, 1.165) is 16.7 Å². The lowest BCUT2D eigenvalue weighted by Gasteiger charge is -2.07. The molecule has 126 valence electrons. The second-order valence-electron chi connectivity index (χ2n) is 5.81. The SMILES string of the molecule is Cc1ccc(COC(=O)c2ccc(-c3ccc(O)c(Br)c3)cc2)cc1. The molecule has 0 spiro atoms. The van der Waals surface area contributed by atoms with E-state index in [1.165, 1.54) is 5.56 Å². The van der Waals surface area contributed by atoms with Crippen LogP contribution in [0.3, 0.4) is 0 Å². The molecule has 3 aromatic carbocycles. The van der Waals surface area contributed by atoms with Gasteiger partial charge in [0.1, 0.15) is 12.4 Å². The number of carbonyl (C=O) groups is 1. The molecule has 0 bridgehead atoms. The third kappa shape index (κ3) is 4.28. The first-order valence-electron chi connectivity index (χ1n) is 7.84. The van der Waals surface area contributed by atoms with Crippen molar-refractivity contribution in [2.45, 2.75) is 13.5 Å². The van der Waals surface area contributed by atoms with Gasteiger partial charge in [-0.25, -0.2) is 4.79 Å². The Bertz CT molecular complexity index is 884. The largest absolute Gasteiger partial charge is 0.507 e. The molecule has 1 N–H and O–H groups in total. The van der Waals surface area contributed by atoms with Crippen molar-refractivity contribution in [3.05, 3.63) is 87.9 Å². The van der Waals surface area contributed by atoms with E-state index in [2.05, 4.69) is 15.9 Å². The number of phenols is 1. The van der Waals surface area contributed by atoms with E-state index in [9.17, 15) is 9.90 Å². The first kappa shape index (κ1) is 17.2. The molecule has 0 aliphatic carbocycles. The van der Waals surface area contributed by atoms with Gasteiger partial charge < -0.3 is 9.84 Å². The lowest BCUT2D eigenvalue weighted by atomic mass is 10.0. The summed E-state index contributed by atoms with van der Waals surface area (Å²) in [4.78, 5) is 12.2. The van der Waals surface area contributed by atoms with Crippen LogP contribution in [0.5, 0.6) is 5.75 Å². The number of ether oxygens (including phenoxy) is 1. The Balaban J connectivity index is 1.67. The fourth-order valence-corrected chi connectivity index (χ4v) is 2.78. The Morgan fingerprint density at radius 1 is 0.960 bits per heavy atom. The smallest absolute Gasteiger partial charge is 0.338 e. The number of hydrogen-bond donors (Lipinski definition) is 1. The Labute approximate surface area is 155 Å². The second-order valence-corrected chi connectivity index (χ2v) is 6.66. The van der Waals surface area contributed by atoms with Crippen molar-refractivity contribution in [1.29, 1.82) is 0 Å². The van der Waals surface area contributed by atoms with Gasteiger partial charge in [-0.15, -0.1) is 0 Å². The molecule has 0 unspecified atom stereocenters. The summed E-state index contributed by atoms with van der Waals surface area (Å²) in [5, 5.41) is 9.57. The zero-order chi connectivity index (χ0) is 17.8. The van der Waals surface area contributed by atoms with Crippen LogP contribution in [0.4, 0.5) is 0 Å². The predicted molar refractivity (Wildman–Crippen MR) is 102 cm³/mol. The number of hydrogen-bond acceptors (Lipinski definition) is 3. The lowest BCUT2D eigenvalue weighted by Crippen LogP contribution is -2.05. The van der Waals surface area contributed by atoms with Gasteiger partial charge in [-0.1, -0.05) is 48.0 Å². The van der Waals surface area contributed by atoms with Gasteiger partial charge in [-0.3, -0.25) is 0 Å². The van der Waals surface area contributed by atoms with Crippen LogP contribution in [-0.2, 0) is 11.3 Å². The molecule has 0 saturated carbocycles. The molecular weight excluding hydrogens is 380 g/mol. The van der Waals surface area contributed by atoms with E-state index in [0.29, 0.717) is 10.0 Å². The van der Waals surface area contributed by atoms with Crippen LogP contribution in [0.2, 0.25) is 0 Å². The van der Waals surface area contributed by atoms with E-state index in [-0.39, 0.29) is 18.3 Å². The predicted octanol–water partition coefficient (Wildman–Crippen LogP) is 5.49. The van der Waals surface area contributed by atoms with Gasteiger partial charge in [-0.05, 0) is 63.8 Å². The molecule has 4 heteroatoms. The Morgan fingerprint density at radius 3 is 2.24 bits per heavy atom. The van der Waals surface area contributed by atoms with Gasteiger partial charge in [-0.2, -0.15) is 0 Å². The summed E-state index contributed by atoms with van der Waals surface area (Å²) in [6.07, 6.45) is 0. The van der Waals surface area contributed by atoms with Crippen LogP contribution in [0.15, 0.2) is 71.2 Å². The maximum Gasteiger partial charge on any atom is 0.338 e. The monoisotopic (exact) mass is 396 g/mol. The fourth-order valence-electron chi connectivity index (χ4n) is 2.40. The zero-order valence-electron chi connectivity index (χ0n) is 13.7. The molecule has 0 amide bonds. The summed E-state index contributed by atoms with van der Waals surface area (Å²) >= 11 is 3.30. The maximum atomic E-state index is 12.2. The van der Waals surface area contributed by atoms with Crippen LogP contribution in [0.25, 0.3) is 11.1 Å². The zero-order valence-corrected chi connectivity index (χ0v) is 15.3. The molecule has 0 radical (unpaired) electrons. The first-order chi connectivity index (χ1) is 12.0. The normalized spacial score (nSPS) is 10.5. The average Bonchev–Trinajstić information content (AvgIpc) is 2.63. The summed E-state index contributed by atoms with van der Waals surface area (Å²) in [6, 6.07) is 20.4. The van der Waals surface area contributed by atoms with Crippen molar-refractivity contribution >= 4 is 21.9 Å². The highest BCUT2D eigenvalue weighted by Crippen LogP contribution is 2.29. The number of aryl methyl sites for hydroxylation is 1. The number of benzene rings is 3. The summed E-state index contributed by atoms with van der Waals surface area (Å²) < 4.78 is 5.99.